The predicted octanol–water partition coefficient (Wildman–Crippen LogP) is 2.90. The maximum Gasteiger partial charge on any atom is 0.307 e. The van der Waals surface area contributed by atoms with Crippen molar-refractivity contribution < 1.29 is 14.3 Å². The van der Waals surface area contributed by atoms with E-state index in [2.05, 4.69) is 4.90 Å². The molecule has 0 aromatic rings. The molecule has 0 bridgehead atoms. The van der Waals surface area contributed by atoms with Crippen molar-refractivity contribution in [2.24, 2.45) is 0 Å². The highest BCUT2D eigenvalue weighted by atomic mass is 16.5. The SMILES string of the molecule is COC(=O)CC1CCCCN1CC1CCC2(CCCC2)O1. The Labute approximate surface area is 128 Å². The third-order valence-electron chi connectivity index (χ3n) is 5.67. The molecule has 3 fully saturated rings. The second-order valence-corrected chi connectivity index (χ2v) is 7.09. The van der Waals surface area contributed by atoms with Crippen LogP contribution >= 0.6 is 0 Å². The minimum atomic E-state index is -0.0773. The first-order valence-corrected chi connectivity index (χ1v) is 8.69. The predicted molar refractivity (Wildman–Crippen MR) is 81.2 cm³/mol. The maximum absolute atomic E-state index is 11.6. The Morgan fingerprint density at radius 2 is 2.00 bits per heavy atom. The third kappa shape index (κ3) is 3.59. The smallest absolute Gasteiger partial charge is 0.307 e. The summed E-state index contributed by atoms with van der Waals surface area (Å²) in [6.45, 7) is 2.11. The van der Waals surface area contributed by atoms with E-state index in [1.807, 2.05) is 0 Å². The van der Waals surface area contributed by atoms with Crippen molar-refractivity contribution in [3.8, 4) is 0 Å². The number of ether oxygens (including phenoxy) is 2. The van der Waals surface area contributed by atoms with Crippen molar-refractivity contribution in [2.75, 3.05) is 20.2 Å². The molecule has 0 radical (unpaired) electrons. The van der Waals surface area contributed by atoms with Gasteiger partial charge >= 0.3 is 5.97 Å². The van der Waals surface area contributed by atoms with E-state index in [0.29, 0.717) is 18.6 Å². The molecule has 4 heteroatoms. The van der Waals surface area contributed by atoms with E-state index in [1.54, 1.807) is 0 Å². The molecule has 1 aliphatic carbocycles. The van der Waals surface area contributed by atoms with E-state index in [9.17, 15) is 4.79 Å². The Kier molecular flexibility index (Phi) is 4.85. The molecular formula is C17H29NO3. The van der Waals surface area contributed by atoms with Gasteiger partial charge in [0.1, 0.15) is 0 Å². The molecule has 2 aliphatic heterocycles. The van der Waals surface area contributed by atoms with Gasteiger partial charge in [-0.15, -0.1) is 0 Å². The van der Waals surface area contributed by atoms with Crippen molar-refractivity contribution in [2.45, 2.75) is 82.0 Å². The molecule has 4 nitrogen and oxygen atoms in total. The van der Waals surface area contributed by atoms with Crippen molar-refractivity contribution in [1.82, 2.24) is 4.90 Å². The first-order valence-electron chi connectivity index (χ1n) is 8.69. The van der Waals surface area contributed by atoms with E-state index >= 15 is 0 Å². The minimum Gasteiger partial charge on any atom is -0.469 e. The summed E-state index contributed by atoms with van der Waals surface area (Å²) in [6.07, 6.45) is 12.1. The Balaban J connectivity index is 1.54. The van der Waals surface area contributed by atoms with Gasteiger partial charge in [0.2, 0.25) is 0 Å². The van der Waals surface area contributed by atoms with Gasteiger partial charge < -0.3 is 9.47 Å². The molecule has 21 heavy (non-hydrogen) atoms. The van der Waals surface area contributed by atoms with E-state index in [-0.39, 0.29) is 11.6 Å². The van der Waals surface area contributed by atoms with Crippen LogP contribution in [0.5, 0.6) is 0 Å². The van der Waals surface area contributed by atoms with Crippen LogP contribution in [0, 0.1) is 0 Å². The van der Waals surface area contributed by atoms with Crippen LogP contribution in [-0.2, 0) is 14.3 Å². The molecule has 0 aromatic carbocycles. The quantitative estimate of drug-likeness (QED) is 0.748. The van der Waals surface area contributed by atoms with Gasteiger partial charge in [-0.05, 0) is 45.1 Å². The average Bonchev–Trinajstić information content (AvgIpc) is 3.11. The van der Waals surface area contributed by atoms with E-state index in [0.717, 1.165) is 19.5 Å². The highest BCUT2D eigenvalue weighted by molar-refractivity contribution is 5.69. The molecule has 3 rings (SSSR count). The van der Waals surface area contributed by atoms with Crippen LogP contribution in [0.4, 0.5) is 0 Å². The zero-order valence-corrected chi connectivity index (χ0v) is 13.3. The number of rotatable bonds is 4. The fraction of sp³-hybridized carbons (Fsp3) is 0.941. The standard InChI is InChI=1S/C17H29NO3/c1-20-16(19)12-14-6-2-5-11-18(14)13-15-7-10-17(21-15)8-3-4-9-17/h14-15H,2-13H2,1H3. The van der Waals surface area contributed by atoms with Crippen LogP contribution in [0.1, 0.15) is 64.2 Å². The number of likely N-dealkylation sites (tertiary alicyclic amines) is 1. The molecule has 2 heterocycles. The number of carbonyl (C=O) groups excluding carboxylic acids is 1. The van der Waals surface area contributed by atoms with Crippen molar-refractivity contribution in [1.29, 1.82) is 0 Å². The highest BCUT2D eigenvalue weighted by Crippen LogP contribution is 2.43. The lowest BCUT2D eigenvalue weighted by Gasteiger charge is -2.37. The zero-order chi connectivity index (χ0) is 14.7. The largest absolute Gasteiger partial charge is 0.469 e. The van der Waals surface area contributed by atoms with Crippen molar-refractivity contribution in [3.63, 3.8) is 0 Å². The van der Waals surface area contributed by atoms with E-state index in [1.165, 1.54) is 58.5 Å². The Morgan fingerprint density at radius 3 is 2.76 bits per heavy atom. The Bertz CT molecular complexity index is 365. The molecule has 0 aromatic heterocycles. The lowest BCUT2D eigenvalue weighted by atomic mass is 9.97. The number of hydrogen-bond donors (Lipinski definition) is 0. The number of hydrogen-bond acceptors (Lipinski definition) is 4. The molecule has 3 aliphatic rings. The van der Waals surface area contributed by atoms with Gasteiger partial charge in [0.15, 0.2) is 0 Å². The summed E-state index contributed by atoms with van der Waals surface area (Å²) in [5.41, 5.74) is 0.221. The lowest BCUT2D eigenvalue weighted by Crippen LogP contribution is -2.45. The maximum atomic E-state index is 11.6. The molecule has 0 N–H and O–H groups in total. The normalized spacial score (nSPS) is 32.6. The first kappa shape index (κ1) is 15.3. The topological polar surface area (TPSA) is 38.8 Å². The van der Waals surface area contributed by atoms with Gasteiger partial charge in [-0.25, -0.2) is 0 Å². The van der Waals surface area contributed by atoms with E-state index < -0.39 is 0 Å². The van der Waals surface area contributed by atoms with Crippen LogP contribution in [0.3, 0.4) is 0 Å². The molecule has 120 valence electrons. The molecule has 0 amide bonds. The number of carbonyl (C=O) groups is 1. The fourth-order valence-corrected chi connectivity index (χ4v) is 4.48. The number of methoxy groups -OCH3 is 1. The molecule has 1 saturated carbocycles. The summed E-state index contributed by atoms with van der Waals surface area (Å²) in [4.78, 5) is 14.1. The molecule has 2 saturated heterocycles. The molecular weight excluding hydrogens is 266 g/mol. The van der Waals surface area contributed by atoms with Crippen LogP contribution in [0.2, 0.25) is 0 Å². The van der Waals surface area contributed by atoms with Crippen molar-refractivity contribution >= 4 is 5.97 Å². The summed E-state index contributed by atoms with van der Waals surface area (Å²) < 4.78 is 11.3. The number of esters is 1. The molecule has 2 atom stereocenters. The highest BCUT2D eigenvalue weighted by Gasteiger charge is 2.43. The first-order chi connectivity index (χ1) is 10.2. The van der Waals surface area contributed by atoms with Gasteiger partial charge in [-0.3, -0.25) is 9.69 Å². The van der Waals surface area contributed by atoms with E-state index in [4.69, 9.17) is 9.47 Å². The molecule has 1 spiro atoms. The average molecular weight is 295 g/mol. The minimum absolute atomic E-state index is 0.0773. The van der Waals surface area contributed by atoms with Crippen LogP contribution in [-0.4, -0.2) is 48.8 Å². The van der Waals surface area contributed by atoms with Gasteiger partial charge in [0.25, 0.3) is 0 Å². The lowest BCUT2D eigenvalue weighted by molar-refractivity contribution is -0.142. The van der Waals surface area contributed by atoms with Gasteiger partial charge in [0, 0.05) is 12.6 Å². The summed E-state index contributed by atoms with van der Waals surface area (Å²) >= 11 is 0. The summed E-state index contributed by atoms with van der Waals surface area (Å²) in [5.74, 6) is -0.0773. The second-order valence-electron chi connectivity index (χ2n) is 7.09. The number of nitrogens with zero attached hydrogens (tertiary/aromatic N) is 1. The number of piperidine rings is 1. The Morgan fingerprint density at radius 1 is 1.19 bits per heavy atom. The molecule has 2 unspecified atom stereocenters. The summed E-state index contributed by atoms with van der Waals surface area (Å²) in [5, 5.41) is 0. The van der Waals surface area contributed by atoms with Gasteiger partial charge in [-0.1, -0.05) is 19.3 Å². The van der Waals surface area contributed by atoms with Gasteiger partial charge in [0.05, 0.1) is 25.2 Å². The Hall–Kier alpha value is -0.610. The third-order valence-corrected chi connectivity index (χ3v) is 5.67. The van der Waals surface area contributed by atoms with Crippen molar-refractivity contribution in [3.05, 3.63) is 0 Å². The fourth-order valence-electron chi connectivity index (χ4n) is 4.48. The van der Waals surface area contributed by atoms with Gasteiger partial charge in [-0.2, -0.15) is 0 Å². The zero-order valence-electron chi connectivity index (χ0n) is 13.3. The van der Waals surface area contributed by atoms with Crippen LogP contribution in [0.15, 0.2) is 0 Å². The monoisotopic (exact) mass is 295 g/mol. The summed E-state index contributed by atoms with van der Waals surface area (Å²) in [7, 11) is 1.49. The van der Waals surface area contributed by atoms with Crippen LogP contribution in [0.25, 0.3) is 0 Å². The van der Waals surface area contributed by atoms with Crippen LogP contribution < -0.4 is 0 Å². The summed E-state index contributed by atoms with van der Waals surface area (Å²) in [6, 6.07) is 0.356. The second kappa shape index (κ2) is 6.66.